The molecule has 1 aliphatic carbocycles. The second kappa shape index (κ2) is 5.86. The fourth-order valence-corrected chi connectivity index (χ4v) is 2.52. The average molecular weight is 265 g/mol. The van der Waals surface area contributed by atoms with E-state index in [2.05, 4.69) is 9.97 Å². The summed E-state index contributed by atoms with van der Waals surface area (Å²) >= 11 is 0. The van der Waals surface area contributed by atoms with Crippen LogP contribution in [0.15, 0.2) is 6.07 Å². The lowest BCUT2D eigenvalue weighted by molar-refractivity contribution is -0.313. The number of methoxy groups -OCH3 is 2. The van der Waals surface area contributed by atoms with Crippen LogP contribution in [-0.2, 0) is 4.79 Å². The van der Waals surface area contributed by atoms with Crippen LogP contribution in [0.1, 0.15) is 37.4 Å². The number of carbonyl (C=O) groups is 1. The maximum absolute atomic E-state index is 11.2. The number of aromatic nitrogens is 2. The summed E-state index contributed by atoms with van der Waals surface area (Å²) in [5.41, 5.74) is 0. The SMILES string of the molecule is COc1cc(OC)nc([C@@H]2CCCC[C@@H]2C(=O)[O-])n1. The zero-order chi connectivity index (χ0) is 13.8. The zero-order valence-electron chi connectivity index (χ0n) is 11.1. The molecule has 0 N–H and O–H groups in total. The highest BCUT2D eigenvalue weighted by Crippen LogP contribution is 2.37. The molecule has 0 amide bonds. The molecule has 0 radical (unpaired) electrons. The van der Waals surface area contributed by atoms with E-state index in [1.807, 2.05) is 0 Å². The quantitative estimate of drug-likeness (QED) is 0.789. The van der Waals surface area contributed by atoms with Crippen LogP contribution < -0.4 is 14.6 Å². The number of carboxylic acids is 1. The number of hydrogen-bond acceptors (Lipinski definition) is 6. The number of hydrogen-bond donors (Lipinski definition) is 0. The van der Waals surface area contributed by atoms with Crippen LogP contribution >= 0.6 is 0 Å². The maximum atomic E-state index is 11.2. The third-order valence-electron chi connectivity index (χ3n) is 3.52. The average Bonchev–Trinajstić information content (AvgIpc) is 2.46. The van der Waals surface area contributed by atoms with Gasteiger partial charge in [-0.1, -0.05) is 12.8 Å². The predicted octanol–water partition coefficient (Wildman–Crippen LogP) is 0.517. The van der Waals surface area contributed by atoms with E-state index in [0.29, 0.717) is 24.0 Å². The number of nitrogens with zero attached hydrogens (tertiary/aromatic N) is 2. The van der Waals surface area contributed by atoms with Gasteiger partial charge in [0.25, 0.3) is 0 Å². The van der Waals surface area contributed by atoms with Crippen LogP contribution in [0, 0.1) is 5.92 Å². The Balaban J connectivity index is 2.35. The van der Waals surface area contributed by atoms with E-state index in [9.17, 15) is 9.90 Å². The summed E-state index contributed by atoms with van der Waals surface area (Å²) in [4.78, 5) is 19.7. The van der Waals surface area contributed by atoms with Crippen molar-refractivity contribution >= 4 is 5.97 Å². The molecule has 0 aliphatic heterocycles. The highest BCUT2D eigenvalue weighted by molar-refractivity contribution is 5.69. The predicted molar refractivity (Wildman–Crippen MR) is 64.8 cm³/mol. The third kappa shape index (κ3) is 2.94. The molecule has 0 bridgehead atoms. The van der Waals surface area contributed by atoms with Crippen molar-refractivity contribution in [2.24, 2.45) is 5.92 Å². The molecule has 0 unspecified atom stereocenters. The van der Waals surface area contributed by atoms with E-state index in [1.165, 1.54) is 14.2 Å². The summed E-state index contributed by atoms with van der Waals surface area (Å²) in [6.45, 7) is 0. The topological polar surface area (TPSA) is 84.4 Å². The maximum Gasteiger partial charge on any atom is 0.220 e. The minimum atomic E-state index is -1.03. The van der Waals surface area contributed by atoms with Crippen molar-refractivity contribution in [1.29, 1.82) is 0 Å². The first kappa shape index (κ1) is 13.6. The van der Waals surface area contributed by atoms with E-state index < -0.39 is 11.9 Å². The van der Waals surface area contributed by atoms with Crippen LogP contribution in [0.25, 0.3) is 0 Å². The molecule has 1 saturated carbocycles. The standard InChI is InChI=1S/C13H18N2O4/c1-18-10-7-11(19-2)15-12(14-10)8-5-3-4-6-9(8)13(16)17/h7-9H,3-6H2,1-2H3,(H,16,17)/p-1/t8-,9+/m1/s1. The van der Waals surface area contributed by atoms with Gasteiger partial charge in [-0.3, -0.25) is 0 Å². The first-order valence-electron chi connectivity index (χ1n) is 6.33. The Morgan fingerprint density at radius 2 is 1.79 bits per heavy atom. The fraction of sp³-hybridized carbons (Fsp3) is 0.615. The molecule has 6 heteroatoms. The summed E-state index contributed by atoms with van der Waals surface area (Å²) in [7, 11) is 3.01. The Morgan fingerprint density at radius 1 is 1.21 bits per heavy atom. The highest BCUT2D eigenvalue weighted by atomic mass is 16.5. The first-order valence-corrected chi connectivity index (χ1v) is 6.33. The number of aliphatic carboxylic acids is 1. The lowest BCUT2D eigenvalue weighted by atomic mass is 9.79. The minimum absolute atomic E-state index is 0.234. The summed E-state index contributed by atoms with van der Waals surface area (Å²) in [6.07, 6.45) is 3.22. The molecule has 0 saturated heterocycles. The Morgan fingerprint density at radius 3 is 2.32 bits per heavy atom. The zero-order valence-corrected chi connectivity index (χ0v) is 11.1. The molecule has 1 aliphatic rings. The summed E-state index contributed by atoms with van der Waals surface area (Å²) < 4.78 is 10.2. The number of carbonyl (C=O) groups excluding carboxylic acids is 1. The van der Waals surface area contributed by atoms with Gasteiger partial charge in [-0.05, 0) is 12.8 Å². The largest absolute Gasteiger partial charge is 0.550 e. The van der Waals surface area contributed by atoms with Crippen LogP contribution in [0.5, 0.6) is 11.8 Å². The van der Waals surface area contributed by atoms with Crippen molar-refractivity contribution in [2.45, 2.75) is 31.6 Å². The van der Waals surface area contributed by atoms with Crippen molar-refractivity contribution in [2.75, 3.05) is 14.2 Å². The van der Waals surface area contributed by atoms with Gasteiger partial charge < -0.3 is 19.4 Å². The lowest BCUT2D eigenvalue weighted by Gasteiger charge is -2.31. The molecule has 0 spiro atoms. The second-order valence-electron chi connectivity index (χ2n) is 4.63. The Kier molecular flexibility index (Phi) is 4.19. The fourth-order valence-electron chi connectivity index (χ4n) is 2.52. The molecular weight excluding hydrogens is 248 g/mol. The summed E-state index contributed by atoms with van der Waals surface area (Å²) in [6, 6.07) is 1.57. The van der Waals surface area contributed by atoms with E-state index in [-0.39, 0.29) is 5.92 Å². The molecule has 19 heavy (non-hydrogen) atoms. The van der Waals surface area contributed by atoms with Gasteiger partial charge in [0.05, 0.1) is 20.3 Å². The Bertz CT molecular complexity index is 442. The number of ether oxygens (including phenoxy) is 2. The first-order chi connectivity index (χ1) is 9.15. The molecule has 2 atom stereocenters. The van der Waals surface area contributed by atoms with Crippen molar-refractivity contribution in [1.82, 2.24) is 9.97 Å². The van der Waals surface area contributed by atoms with Gasteiger partial charge in [-0.2, -0.15) is 9.97 Å². The smallest absolute Gasteiger partial charge is 0.220 e. The van der Waals surface area contributed by atoms with Gasteiger partial charge in [0.2, 0.25) is 11.8 Å². The molecule has 1 aromatic heterocycles. The molecule has 2 rings (SSSR count). The highest BCUT2D eigenvalue weighted by Gasteiger charge is 2.30. The van der Waals surface area contributed by atoms with Gasteiger partial charge in [0, 0.05) is 17.8 Å². The summed E-state index contributed by atoms with van der Waals surface area (Å²) in [5, 5.41) is 11.2. The van der Waals surface area contributed by atoms with Gasteiger partial charge in [-0.25, -0.2) is 0 Å². The van der Waals surface area contributed by atoms with Crippen LogP contribution in [0.3, 0.4) is 0 Å². The molecule has 1 fully saturated rings. The normalized spacial score (nSPS) is 22.8. The lowest BCUT2D eigenvalue weighted by Crippen LogP contribution is -2.37. The molecule has 6 nitrogen and oxygen atoms in total. The van der Waals surface area contributed by atoms with Crippen molar-refractivity contribution < 1.29 is 19.4 Å². The van der Waals surface area contributed by atoms with E-state index in [0.717, 1.165) is 19.3 Å². The van der Waals surface area contributed by atoms with Crippen LogP contribution in [0.2, 0.25) is 0 Å². The molecule has 0 aromatic carbocycles. The van der Waals surface area contributed by atoms with E-state index in [1.54, 1.807) is 6.07 Å². The van der Waals surface area contributed by atoms with Gasteiger partial charge in [0.1, 0.15) is 5.82 Å². The molecule has 1 aromatic rings. The minimum Gasteiger partial charge on any atom is -0.550 e. The summed E-state index contributed by atoms with van der Waals surface area (Å²) in [5.74, 6) is -0.581. The molecule has 1 heterocycles. The number of rotatable bonds is 4. The van der Waals surface area contributed by atoms with Gasteiger partial charge in [0.15, 0.2) is 0 Å². The van der Waals surface area contributed by atoms with Gasteiger partial charge in [-0.15, -0.1) is 0 Å². The van der Waals surface area contributed by atoms with E-state index >= 15 is 0 Å². The Hall–Kier alpha value is -1.85. The molecular formula is C13H17N2O4-. The monoisotopic (exact) mass is 265 g/mol. The van der Waals surface area contributed by atoms with Crippen molar-refractivity contribution in [3.05, 3.63) is 11.9 Å². The molecule has 104 valence electrons. The van der Waals surface area contributed by atoms with Crippen molar-refractivity contribution in [3.63, 3.8) is 0 Å². The van der Waals surface area contributed by atoms with Crippen LogP contribution in [0.4, 0.5) is 0 Å². The van der Waals surface area contributed by atoms with Crippen molar-refractivity contribution in [3.8, 4) is 11.8 Å². The number of carboxylic acid groups (broad SMARTS) is 1. The second-order valence-corrected chi connectivity index (χ2v) is 4.63. The Labute approximate surface area is 111 Å². The third-order valence-corrected chi connectivity index (χ3v) is 3.52. The van der Waals surface area contributed by atoms with Crippen LogP contribution in [-0.4, -0.2) is 30.2 Å². The van der Waals surface area contributed by atoms with E-state index in [4.69, 9.17) is 9.47 Å². The van der Waals surface area contributed by atoms with Gasteiger partial charge >= 0.3 is 0 Å².